The maximum atomic E-state index is 12.3. The fourth-order valence-corrected chi connectivity index (χ4v) is 2.42. The predicted octanol–water partition coefficient (Wildman–Crippen LogP) is 3.74. The average Bonchev–Trinajstić information content (AvgIpc) is 2.66. The number of carbonyl (C=O) groups is 2. The van der Waals surface area contributed by atoms with Crippen molar-refractivity contribution in [3.05, 3.63) is 65.2 Å². The lowest BCUT2D eigenvalue weighted by Gasteiger charge is -2.11. The lowest BCUT2D eigenvalue weighted by Crippen LogP contribution is -2.23. The van der Waals surface area contributed by atoms with Gasteiger partial charge in [-0.05, 0) is 54.3 Å². The molecule has 0 bridgehead atoms. The second-order valence-electron chi connectivity index (χ2n) is 7.13. The molecular weight excluding hydrogens is 340 g/mol. The summed E-state index contributed by atoms with van der Waals surface area (Å²) in [5, 5.41) is 2.89. The summed E-state index contributed by atoms with van der Waals surface area (Å²) >= 11 is 0. The second kappa shape index (κ2) is 9.76. The Morgan fingerprint density at radius 1 is 0.963 bits per heavy atom. The molecule has 2 amide bonds. The predicted molar refractivity (Wildman–Crippen MR) is 107 cm³/mol. The quantitative estimate of drug-likeness (QED) is 0.772. The van der Waals surface area contributed by atoms with Gasteiger partial charge in [0.1, 0.15) is 5.75 Å². The molecule has 2 aromatic rings. The van der Waals surface area contributed by atoms with Gasteiger partial charge in [0.2, 0.25) is 0 Å². The van der Waals surface area contributed by atoms with Gasteiger partial charge in [0, 0.05) is 31.8 Å². The molecule has 2 rings (SSSR count). The molecule has 0 fully saturated rings. The first-order valence-corrected chi connectivity index (χ1v) is 9.18. The number of carbonyl (C=O) groups excluding carboxylic acids is 2. The van der Waals surface area contributed by atoms with Gasteiger partial charge in [-0.25, -0.2) is 0 Å². The van der Waals surface area contributed by atoms with Crippen molar-refractivity contribution in [1.82, 2.24) is 10.2 Å². The van der Waals surface area contributed by atoms with Crippen LogP contribution in [0, 0.1) is 5.92 Å². The van der Waals surface area contributed by atoms with E-state index in [2.05, 4.69) is 19.2 Å². The van der Waals surface area contributed by atoms with Crippen LogP contribution in [0.4, 0.5) is 0 Å². The summed E-state index contributed by atoms with van der Waals surface area (Å²) in [4.78, 5) is 25.7. The summed E-state index contributed by atoms with van der Waals surface area (Å²) in [5.41, 5.74) is 2.15. The van der Waals surface area contributed by atoms with Gasteiger partial charge in [-0.3, -0.25) is 9.59 Å². The van der Waals surface area contributed by atoms with Gasteiger partial charge in [-0.1, -0.05) is 26.0 Å². The Kier molecular flexibility index (Phi) is 7.41. The van der Waals surface area contributed by atoms with E-state index in [4.69, 9.17) is 4.74 Å². The molecule has 0 atom stereocenters. The largest absolute Gasteiger partial charge is 0.494 e. The van der Waals surface area contributed by atoms with Crippen LogP contribution in [-0.4, -0.2) is 37.4 Å². The number of hydrogen-bond donors (Lipinski definition) is 1. The van der Waals surface area contributed by atoms with E-state index >= 15 is 0 Å². The smallest absolute Gasteiger partial charge is 0.253 e. The first-order valence-electron chi connectivity index (χ1n) is 9.18. The molecule has 0 aliphatic heterocycles. The number of nitrogens with one attached hydrogen (secondary N) is 1. The van der Waals surface area contributed by atoms with Gasteiger partial charge in [0.15, 0.2) is 0 Å². The average molecular weight is 368 g/mol. The molecule has 0 saturated heterocycles. The van der Waals surface area contributed by atoms with Gasteiger partial charge < -0.3 is 15.0 Å². The van der Waals surface area contributed by atoms with Crippen LogP contribution in [0.2, 0.25) is 0 Å². The number of amides is 2. The maximum absolute atomic E-state index is 12.3. The molecule has 1 N–H and O–H groups in total. The highest BCUT2D eigenvalue weighted by Crippen LogP contribution is 2.14. The highest BCUT2D eigenvalue weighted by atomic mass is 16.5. The van der Waals surface area contributed by atoms with Gasteiger partial charge in [-0.15, -0.1) is 0 Å². The van der Waals surface area contributed by atoms with Crippen LogP contribution in [0.1, 0.15) is 46.5 Å². The molecule has 144 valence electrons. The Balaban J connectivity index is 1.85. The summed E-state index contributed by atoms with van der Waals surface area (Å²) in [5.74, 6) is 1.19. The Bertz CT molecular complexity index is 750. The third-order valence-electron chi connectivity index (χ3n) is 4.14. The number of hydrogen-bond acceptors (Lipinski definition) is 3. The van der Waals surface area contributed by atoms with Crippen LogP contribution in [0.3, 0.4) is 0 Å². The molecule has 0 heterocycles. The van der Waals surface area contributed by atoms with E-state index in [9.17, 15) is 9.59 Å². The van der Waals surface area contributed by atoms with Crippen molar-refractivity contribution < 1.29 is 14.3 Å². The van der Waals surface area contributed by atoms with Crippen molar-refractivity contribution in [3.8, 4) is 5.75 Å². The zero-order valence-electron chi connectivity index (χ0n) is 16.5. The monoisotopic (exact) mass is 368 g/mol. The van der Waals surface area contributed by atoms with Crippen LogP contribution >= 0.6 is 0 Å². The Hall–Kier alpha value is -2.82. The van der Waals surface area contributed by atoms with E-state index < -0.39 is 0 Å². The number of benzene rings is 2. The number of nitrogens with zero attached hydrogens (tertiary/aromatic N) is 1. The van der Waals surface area contributed by atoms with E-state index in [0.29, 0.717) is 30.2 Å². The fourth-order valence-electron chi connectivity index (χ4n) is 2.42. The van der Waals surface area contributed by atoms with E-state index in [1.165, 1.54) is 4.90 Å². The molecule has 0 spiro atoms. The second-order valence-corrected chi connectivity index (χ2v) is 7.13. The van der Waals surface area contributed by atoms with Gasteiger partial charge in [0.25, 0.3) is 11.8 Å². The van der Waals surface area contributed by atoms with Crippen molar-refractivity contribution in [2.75, 3.05) is 20.7 Å². The number of rotatable bonds is 8. The minimum atomic E-state index is -0.142. The van der Waals surface area contributed by atoms with E-state index in [1.54, 1.807) is 38.4 Å². The minimum Gasteiger partial charge on any atom is -0.494 e. The zero-order chi connectivity index (χ0) is 19.8. The van der Waals surface area contributed by atoms with Crippen molar-refractivity contribution in [2.24, 2.45) is 5.92 Å². The van der Waals surface area contributed by atoms with E-state index in [-0.39, 0.29) is 11.8 Å². The molecule has 0 saturated carbocycles. The summed E-state index contributed by atoms with van der Waals surface area (Å²) in [6.45, 7) is 5.40. The molecule has 0 aromatic heterocycles. The topological polar surface area (TPSA) is 58.6 Å². The normalized spacial score (nSPS) is 10.6. The zero-order valence-corrected chi connectivity index (χ0v) is 16.5. The van der Waals surface area contributed by atoms with Crippen molar-refractivity contribution in [2.45, 2.75) is 26.8 Å². The lowest BCUT2D eigenvalue weighted by molar-refractivity contribution is 0.0827. The van der Waals surface area contributed by atoms with E-state index in [1.807, 2.05) is 24.3 Å². The molecule has 27 heavy (non-hydrogen) atoms. The maximum Gasteiger partial charge on any atom is 0.253 e. The van der Waals surface area contributed by atoms with E-state index in [0.717, 1.165) is 17.7 Å². The Morgan fingerprint density at radius 3 is 2.11 bits per heavy atom. The molecule has 2 aromatic carbocycles. The molecule has 5 heteroatoms. The summed E-state index contributed by atoms with van der Waals surface area (Å²) in [6, 6.07) is 14.4. The molecule has 5 nitrogen and oxygen atoms in total. The summed E-state index contributed by atoms with van der Waals surface area (Å²) in [6.07, 6.45) is 1.00. The van der Waals surface area contributed by atoms with Crippen molar-refractivity contribution >= 4 is 11.8 Å². The summed E-state index contributed by atoms with van der Waals surface area (Å²) in [7, 11) is 3.44. The molecule has 0 aliphatic carbocycles. The van der Waals surface area contributed by atoms with Crippen LogP contribution in [0.5, 0.6) is 5.75 Å². The first-order chi connectivity index (χ1) is 12.9. The third kappa shape index (κ3) is 6.44. The molecule has 0 radical (unpaired) electrons. The minimum absolute atomic E-state index is 0.0405. The van der Waals surface area contributed by atoms with Gasteiger partial charge in [0.05, 0.1) is 6.61 Å². The van der Waals surface area contributed by atoms with Crippen LogP contribution in [-0.2, 0) is 6.54 Å². The SMILES string of the molecule is CC(C)CCOc1ccc(C(=O)NCc2ccc(C(=O)N(C)C)cc2)cc1. The lowest BCUT2D eigenvalue weighted by atomic mass is 10.1. The van der Waals surface area contributed by atoms with Crippen molar-refractivity contribution in [1.29, 1.82) is 0 Å². The summed E-state index contributed by atoms with van der Waals surface area (Å²) < 4.78 is 5.67. The third-order valence-corrected chi connectivity index (χ3v) is 4.14. The van der Waals surface area contributed by atoms with Gasteiger partial charge in [-0.2, -0.15) is 0 Å². The standard InChI is InChI=1S/C22H28N2O3/c1-16(2)13-14-27-20-11-9-18(10-12-20)21(25)23-15-17-5-7-19(8-6-17)22(26)24(3)4/h5-12,16H,13-15H2,1-4H3,(H,23,25). The fraction of sp³-hybridized carbons (Fsp3) is 0.364. The van der Waals surface area contributed by atoms with Crippen molar-refractivity contribution in [3.63, 3.8) is 0 Å². The van der Waals surface area contributed by atoms with Gasteiger partial charge >= 0.3 is 0 Å². The molecule has 0 aliphatic rings. The van der Waals surface area contributed by atoms with Crippen LogP contribution in [0.25, 0.3) is 0 Å². The molecular formula is C22H28N2O3. The number of ether oxygens (including phenoxy) is 1. The highest BCUT2D eigenvalue weighted by Gasteiger charge is 2.09. The van der Waals surface area contributed by atoms with Crippen LogP contribution < -0.4 is 10.1 Å². The van der Waals surface area contributed by atoms with Crippen LogP contribution in [0.15, 0.2) is 48.5 Å². The Morgan fingerprint density at radius 2 is 1.56 bits per heavy atom. The first kappa shape index (κ1) is 20.5. The highest BCUT2D eigenvalue weighted by molar-refractivity contribution is 5.94. The molecule has 0 unspecified atom stereocenters. The Labute approximate surface area is 161 Å².